The predicted octanol–water partition coefficient (Wildman–Crippen LogP) is 3.67. The first kappa shape index (κ1) is 21.1. The number of carbonyl (C=O) groups excluding carboxylic acids is 1. The SMILES string of the molecule is O=CCN1CCOCC1COc1noc2ccc(-c3ccc(OC(F)(F)F)cc3)cc12. The summed E-state index contributed by atoms with van der Waals surface area (Å²) in [6.45, 7) is 2.22. The number of fused-ring (bicyclic) bond motifs is 1. The third kappa shape index (κ3) is 5.15. The molecule has 0 radical (unpaired) electrons. The second kappa shape index (κ2) is 8.94. The molecule has 4 rings (SSSR count). The molecule has 31 heavy (non-hydrogen) atoms. The minimum Gasteiger partial charge on any atom is -0.473 e. The zero-order chi connectivity index (χ0) is 21.8. The lowest BCUT2D eigenvalue weighted by molar-refractivity contribution is -0.274. The van der Waals surface area contributed by atoms with E-state index in [1.165, 1.54) is 24.3 Å². The second-order valence-corrected chi connectivity index (χ2v) is 6.97. The normalized spacial score (nSPS) is 17.6. The van der Waals surface area contributed by atoms with E-state index < -0.39 is 6.36 Å². The van der Waals surface area contributed by atoms with E-state index in [4.69, 9.17) is 14.0 Å². The number of benzene rings is 2. The highest BCUT2D eigenvalue weighted by Gasteiger charge is 2.31. The smallest absolute Gasteiger partial charge is 0.473 e. The van der Waals surface area contributed by atoms with Crippen molar-refractivity contribution in [3.8, 4) is 22.8 Å². The summed E-state index contributed by atoms with van der Waals surface area (Å²) >= 11 is 0. The van der Waals surface area contributed by atoms with Crippen molar-refractivity contribution in [2.75, 3.05) is 32.9 Å². The summed E-state index contributed by atoms with van der Waals surface area (Å²) in [5, 5.41) is 4.60. The molecule has 0 saturated carbocycles. The fourth-order valence-electron chi connectivity index (χ4n) is 3.40. The van der Waals surface area contributed by atoms with Crippen molar-refractivity contribution in [3.05, 3.63) is 42.5 Å². The highest BCUT2D eigenvalue weighted by Crippen LogP contribution is 2.32. The van der Waals surface area contributed by atoms with Gasteiger partial charge < -0.3 is 23.5 Å². The summed E-state index contributed by atoms with van der Waals surface area (Å²) in [4.78, 5) is 12.9. The Bertz CT molecular complexity index is 1040. The first-order valence-corrected chi connectivity index (χ1v) is 9.57. The number of rotatable bonds is 7. The molecule has 2 aromatic carbocycles. The van der Waals surface area contributed by atoms with Crippen LogP contribution < -0.4 is 9.47 Å². The van der Waals surface area contributed by atoms with Gasteiger partial charge >= 0.3 is 6.36 Å². The van der Waals surface area contributed by atoms with Crippen LogP contribution >= 0.6 is 0 Å². The van der Waals surface area contributed by atoms with Crippen molar-refractivity contribution in [3.63, 3.8) is 0 Å². The lowest BCUT2D eigenvalue weighted by atomic mass is 10.0. The fourth-order valence-corrected chi connectivity index (χ4v) is 3.40. The van der Waals surface area contributed by atoms with Crippen molar-refractivity contribution in [2.24, 2.45) is 0 Å². The molecule has 0 aliphatic carbocycles. The summed E-state index contributed by atoms with van der Waals surface area (Å²) in [5.74, 6) is 0.00593. The molecule has 1 atom stereocenters. The molecule has 1 unspecified atom stereocenters. The van der Waals surface area contributed by atoms with Crippen LogP contribution in [0.25, 0.3) is 22.1 Å². The number of alkyl halides is 3. The Morgan fingerprint density at radius 2 is 1.94 bits per heavy atom. The van der Waals surface area contributed by atoms with Crippen molar-refractivity contribution in [1.82, 2.24) is 10.1 Å². The fraction of sp³-hybridized carbons (Fsp3) is 0.333. The van der Waals surface area contributed by atoms with Crippen molar-refractivity contribution >= 4 is 17.3 Å². The molecule has 2 heterocycles. The molecular formula is C21H19F3N2O5. The summed E-state index contributed by atoms with van der Waals surface area (Å²) in [5.41, 5.74) is 1.96. The molecule has 0 spiro atoms. The molecule has 7 nitrogen and oxygen atoms in total. The van der Waals surface area contributed by atoms with E-state index >= 15 is 0 Å². The number of aromatic nitrogens is 1. The standard InChI is InChI=1S/C21H19F3N2O5/c22-21(23,24)30-17-4-1-14(2-5-17)15-3-6-19-18(11-15)20(25-31-19)29-13-16-12-28-10-8-26(16)7-9-27/h1-6,9,11,16H,7-8,10,12-13H2. The van der Waals surface area contributed by atoms with Gasteiger partial charge in [0, 0.05) is 6.54 Å². The maximum absolute atomic E-state index is 12.3. The molecule has 1 aliphatic heterocycles. The summed E-state index contributed by atoms with van der Waals surface area (Å²) in [6, 6.07) is 10.8. The highest BCUT2D eigenvalue weighted by atomic mass is 19.4. The largest absolute Gasteiger partial charge is 0.573 e. The van der Waals surface area contributed by atoms with E-state index in [0.29, 0.717) is 48.7 Å². The van der Waals surface area contributed by atoms with Crippen LogP contribution in [-0.2, 0) is 9.53 Å². The van der Waals surface area contributed by atoms with Gasteiger partial charge in [0.1, 0.15) is 18.6 Å². The summed E-state index contributed by atoms with van der Waals surface area (Å²) in [7, 11) is 0. The second-order valence-electron chi connectivity index (χ2n) is 6.97. The quantitative estimate of drug-likeness (QED) is 0.523. The summed E-state index contributed by atoms with van der Waals surface area (Å²) in [6.07, 6.45) is -3.89. The molecule has 1 fully saturated rings. The van der Waals surface area contributed by atoms with Gasteiger partial charge in [0.2, 0.25) is 0 Å². The van der Waals surface area contributed by atoms with Gasteiger partial charge in [-0.2, -0.15) is 0 Å². The molecule has 3 aromatic rings. The van der Waals surface area contributed by atoms with Crippen LogP contribution in [0.2, 0.25) is 0 Å². The van der Waals surface area contributed by atoms with Gasteiger partial charge in [0.05, 0.1) is 31.2 Å². The van der Waals surface area contributed by atoms with Crippen molar-refractivity contribution in [1.29, 1.82) is 0 Å². The minimum absolute atomic E-state index is 0.0879. The molecular weight excluding hydrogens is 417 g/mol. The van der Waals surface area contributed by atoms with Crippen LogP contribution in [-0.4, -0.2) is 61.7 Å². The number of nitrogens with zero attached hydrogens (tertiary/aromatic N) is 2. The van der Waals surface area contributed by atoms with E-state index in [1.54, 1.807) is 18.2 Å². The van der Waals surface area contributed by atoms with Crippen LogP contribution in [0.5, 0.6) is 11.6 Å². The van der Waals surface area contributed by atoms with Gasteiger partial charge in [-0.1, -0.05) is 18.2 Å². The Labute approximate surface area is 175 Å². The summed E-state index contributed by atoms with van der Waals surface area (Å²) < 4.78 is 57.6. The van der Waals surface area contributed by atoms with Crippen LogP contribution in [0.1, 0.15) is 0 Å². The number of morpholine rings is 1. The Balaban J connectivity index is 1.50. The Kier molecular flexibility index (Phi) is 6.10. The topological polar surface area (TPSA) is 74.0 Å². The first-order chi connectivity index (χ1) is 14.9. The molecule has 1 saturated heterocycles. The highest BCUT2D eigenvalue weighted by molar-refractivity contribution is 5.87. The molecule has 0 amide bonds. The Morgan fingerprint density at radius 3 is 2.68 bits per heavy atom. The molecule has 1 aliphatic rings. The third-order valence-electron chi connectivity index (χ3n) is 4.93. The van der Waals surface area contributed by atoms with Gasteiger partial charge in [0.25, 0.3) is 5.88 Å². The third-order valence-corrected chi connectivity index (χ3v) is 4.93. The lowest BCUT2D eigenvalue weighted by Crippen LogP contribution is -2.49. The van der Waals surface area contributed by atoms with Crippen molar-refractivity contribution < 1.29 is 36.7 Å². The average Bonchev–Trinajstić information content (AvgIpc) is 3.15. The monoisotopic (exact) mass is 436 g/mol. The van der Waals surface area contributed by atoms with E-state index in [0.717, 1.165) is 11.8 Å². The number of ether oxygens (including phenoxy) is 3. The maximum atomic E-state index is 12.3. The first-order valence-electron chi connectivity index (χ1n) is 9.57. The lowest BCUT2D eigenvalue weighted by Gasteiger charge is -2.33. The van der Waals surface area contributed by atoms with Gasteiger partial charge in [-0.15, -0.1) is 13.2 Å². The predicted molar refractivity (Wildman–Crippen MR) is 104 cm³/mol. The maximum Gasteiger partial charge on any atom is 0.573 e. The molecule has 1 aromatic heterocycles. The number of hydrogen-bond acceptors (Lipinski definition) is 7. The van der Waals surface area contributed by atoms with Crippen LogP contribution in [0.4, 0.5) is 13.2 Å². The number of carbonyl (C=O) groups is 1. The molecule has 0 N–H and O–H groups in total. The number of hydrogen-bond donors (Lipinski definition) is 0. The zero-order valence-electron chi connectivity index (χ0n) is 16.3. The van der Waals surface area contributed by atoms with Crippen LogP contribution in [0.15, 0.2) is 47.0 Å². The van der Waals surface area contributed by atoms with E-state index in [1.807, 2.05) is 4.90 Å². The van der Waals surface area contributed by atoms with Gasteiger partial charge in [-0.3, -0.25) is 4.90 Å². The average molecular weight is 436 g/mol. The number of halogens is 3. The van der Waals surface area contributed by atoms with E-state index in [2.05, 4.69) is 9.89 Å². The zero-order valence-corrected chi connectivity index (χ0v) is 16.3. The van der Waals surface area contributed by atoms with Gasteiger partial charge in [-0.25, -0.2) is 0 Å². The Hall–Kier alpha value is -3.11. The molecule has 164 valence electrons. The minimum atomic E-state index is -4.74. The van der Waals surface area contributed by atoms with Crippen LogP contribution in [0, 0.1) is 0 Å². The van der Waals surface area contributed by atoms with Crippen molar-refractivity contribution in [2.45, 2.75) is 12.4 Å². The van der Waals surface area contributed by atoms with Crippen LogP contribution in [0.3, 0.4) is 0 Å². The number of aldehydes is 1. The van der Waals surface area contributed by atoms with E-state index in [-0.39, 0.29) is 18.4 Å². The molecule has 0 bridgehead atoms. The Morgan fingerprint density at radius 1 is 1.16 bits per heavy atom. The van der Waals surface area contributed by atoms with Gasteiger partial charge in [0.15, 0.2) is 5.58 Å². The molecule has 10 heteroatoms. The van der Waals surface area contributed by atoms with Gasteiger partial charge in [-0.05, 0) is 40.5 Å². The van der Waals surface area contributed by atoms with E-state index in [9.17, 15) is 18.0 Å².